The first kappa shape index (κ1) is 18.2. The molecular weight excluding hydrogens is 366 g/mol. The summed E-state index contributed by atoms with van der Waals surface area (Å²) in [6.45, 7) is 3.26. The van der Waals surface area contributed by atoms with Crippen LogP contribution in [0.5, 0.6) is 0 Å². The van der Waals surface area contributed by atoms with Gasteiger partial charge in [0.05, 0.1) is 44.6 Å². The van der Waals surface area contributed by atoms with E-state index in [4.69, 9.17) is 0 Å². The zero-order valence-corrected chi connectivity index (χ0v) is 15.8. The molecule has 1 fully saturated rings. The quantitative estimate of drug-likeness (QED) is 0.630. The molecule has 1 aromatic carbocycles. The van der Waals surface area contributed by atoms with Crippen LogP contribution in [0.3, 0.4) is 0 Å². The van der Waals surface area contributed by atoms with Crippen LogP contribution in [0.2, 0.25) is 0 Å². The topological polar surface area (TPSA) is 129 Å². The number of fused-ring (bicyclic) bond motifs is 1. The number of likely N-dealkylation sites (N-methyl/N-ethyl adjacent to an activating group) is 1. The molecule has 2 aliphatic heterocycles. The number of benzene rings is 1. The molecule has 0 radical (unpaired) electrons. The Morgan fingerprint density at radius 2 is 1.59 bits per heavy atom. The predicted molar refractivity (Wildman–Crippen MR) is 107 cm³/mol. The minimum atomic E-state index is -0.0881. The normalized spacial score (nSPS) is 15.4. The Labute approximate surface area is 168 Å². The summed E-state index contributed by atoms with van der Waals surface area (Å²) >= 11 is 0. The smallest absolute Gasteiger partial charge is 0.179 e. The van der Waals surface area contributed by atoms with E-state index in [0.717, 1.165) is 37.6 Å². The number of hydrogen-bond donors (Lipinski definition) is 3. The lowest BCUT2D eigenvalue weighted by Gasteiger charge is -2.31. The van der Waals surface area contributed by atoms with Crippen LogP contribution < -0.4 is 20.4 Å². The van der Waals surface area contributed by atoms with Crippen LogP contribution in [0.4, 0.5) is 17.2 Å². The van der Waals surface area contributed by atoms with Gasteiger partial charge in [-0.1, -0.05) is 12.1 Å². The Morgan fingerprint density at radius 1 is 1.00 bits per heavy atom. The highest BCUT2D eigenvalue weighted by Gasteiger charge is 2.28. The van der Waals surface area contributed by atoms with Crippen molar-refractivity contribution in [1.29, 1.82) is 15.8 Å². The molecule has 0 bridgehead atoms. The molecule has 0 saturated carbocycles. The van der Waals surface area contributed by atoms with E-state index in [1.807, 2.05) is 41.3 Å². The highest BCUT2D eigenvalue weighted by atomic mass is 15.3. The number of nitrogens with zero attached hydrogens (tertiary/aromatic N) is 6. The molecule has 142 valence electrons. The van der Waals surface area contributed by atoms with E-state index in [9.17, 15) is 15.8 Å². The van der Waals surface area contributed by atoms with Crippen molar-refractivity contribution in [2.24, 2.45) is 0 Å². The van der Waals surface area contributed by atoms with E-state index in [2.05, 4.69) is 33.7 Å². The molecule has 0 unspecified atom stereocenters. The molecule has 9 heteroatoms. The average Bonchev–Trinajstić information content (AvgIpc) is 3.18. The van der Waals surface area contributed by atoms with Crippen molar-refractivity contribution in [3.63, 3.8) is 0 Å². The van der Waals surface area contributed by atoms with E-state index < -0.39 is 0 Å². The summed E-state index contributed by atoms with van der Waals surface area (Å²) in [5, 5.41) is 35.2. The highest BCUT2D eigenvalue weighted by molar-refractivity contribution is 5.92. The third-order valence-electron chi connectivity index (χ3n) is 5.05. The van der Waals surface area contributed by atoms with E-state index in [0.29, 0.717) is 17.3 Å². The van der Waals surface area contributed by atoms with Crippen LogP contribution in [-0.2, 0) is 0 Å². The summed E-state index contributed by atoms with van der Waals surface area (Å²) in [4.78, 5) is 12.2. The minimum absolute atomic E-state index is 0.0320. The Hall–Kier alpha value is -4.13. The Morgan fingerprint density at radius 3 is 2.14 bits per heavy atom. The lowest BCUT2D eigenvalue weighted by molar-refractivity contribution is -0.880. The zero-order chi connectivity index (χ0) is 20.4. The lowest BCUT2D eigenvalue weighted by Crippen LogP contribution is -3.12. The summed E-state index contributed by atoms with van der Waals surface area (Å²) in [6, 6.07) is 13.7. The largest absolute Gasteiger partial charge is 0.343 e. The van der Waals surface area contributed by atoms with E-state index in [1.54, 1.807) is 0 Å². The Kier molecular flexibility index (Phi) is 4.70. The zero-order valence-electron chi connectivity index (χ0n) is 15.8. The molecule has 1 saturated heterocycles. The highest BCUT2D eigenvalue weighted by Crippen LogP contribution is 2.35. The number of piperazine rings is 1. The number of para-hydroxylation sites is 2. The summed E-state index contributed by atoms with van der Waals surface area (Å²) in [6.07, 6.45) is 0. The fourth-order valence-corrected chi connectivity index (χ4v) is 3.42. The predicted octanol–water partition coefficient (Wildman–Crippen LogP) is 0.284. The fourth-order valence-electron chi connectivity index (χ4n) is 3.42. The second kappa shape index (κ2) is 7.47. The van der Waals surface area contributed by atoms with Gasteiger partial charge in [0.15, 0.2) is 17.2 Å². The number of rotatable bonds is 2. The molecule has 0 spiro atoms. The Balaban J connectivity index is 1.86. The van der Waals surface area contributed by atoms with Gasteiger partial charge in [-0.2, -0.15) is 15.8 Å². The molecule has 4 rings (SSSR count). The van der Waals surface area contributed by atoms with E-state index >= 15 is 0 Å². The molecule has 0 amide bonds. The number of anilines is 3. The van der Waals surface area contributed by atoms with Crippen LogP contribution in [-0.4, -0.2) is 43.2 Å². The third kappa shape index (κ3) is 3.29. The van der Waals surface area contributed by atoms with Gasteiger partial charge in [-0.15, -0.1) is 0 Å². The minimum Gasteiger partial charge on any atom is -0.343 e. The summed E-state index contributed by atoms with van der Waals surface area (Å²) in [5.41, 5.74) is 2.12. The van der Waals surface area contributed by atoms with Gasteiger partial charge in [-0.25, -0.2) is 9.97 Å². The Bertz CT molecular complexity index is 1100. The van der Waals surface area contributed by atoms with Crippen LogP contribution in [0.1, 0.15) is 17.1 Å². The molecular formula is C20H18N9+. The molecule has 2 aliphatic rings. The second-order valence-corrected chi connectivity index (χ2v) is 6.92. The maximum atomic E-state index is 9.95. The number of aromatic nitrogens is 2. The molecule has 2 aromatic rings. The van der Waals surface area contributed by atoms with Gasteiger partial charge >= 0.3 is 0 Å². The van der Waals surface area contributed by atoms with Crippen molar-refractivity contribution < 1.29 is 4.90 Å². The van der Waals surface area contributed by atoms with Crippen molar-refractivity contribution in [3.05, 3.63) is 47.2 Å². The van der Waals surface area contributed by atoms with Crippen molar-refractivity contribution in [2.45, 2.75) is 0 Å². The van der Waals surface area contributed by atoms with Gasteiger partial charge in [0.2, 0.25) is 0 Å². The summed E-state index contributed by atoms with van der Waals surface area (Å²) in [7, 11) is 2.12. The van der Waals surface area contributed by atoms with Gasteiger partial charge in [-0.05, 0) is 12.1 Å². The number of hydrogen-bond acceptors (Lipinski definition) is 8. The number of allylic oxidation sites excluding steroid dienone is 1. The molecule has 29 heavy (non-hydrogen) atoms. The number of quaternary nitrogens is 1. The first-order valence-electron chi connectivity index (χ1n) is 9.21. The van der Waals surface area contributed by atoms with Crippen molar-refractivity contribution in [3.8, 4) is 18.2 Å². The van der Waals surface area contributed by atoms with E-state index in [1.165, 1.54) is 4.90 Å². The number of nitrogens with one attached hydrogen (secondary N) is 3. The lowest BCUT2D eigenvalue weighted by atomic mass is 10.1. The summed E-state index contributed by atoms with van der Waals surface area (Å²) in [5.74, 6) is 0.939. The van der Waals surface area contributed by atoms with Crippen LogP contribution in [0, 0.1) is 34.0 Å². The molecule has 9 nitrogen and oxygen atoms in total. The first-order chi connectivity index (χ1) is 14.1. The third-order valence-corrected chi connectivity index (χ3v) is 5.05. The van der Waals surface area contributed by atoms with Crippen LogP contribution in [0.25, 0.3) is 5.57 Å². The molecule has 1 aromatic heterocycles. The van der Waals surface area contributed by atoms with Crippen molar-refractivity contribution in [2.75, 3.05) is 48.8 Å². The fraction of sp³-hybridized carbons (Fsp3) is 0.250. The maximum Gasteiger partial charge on any atom is 0.179 e. The van der Waals surface area contributed by atoms with Gasteiger partial charge in [0.1, 0.15) is 35.3 Å². The van der Waals surface area contributed by atoms with Gasteiger partial charge in [-0.3, -0.25) is 0 Å². The van der Waals surface area contributed by atoms with E-state index in [-0.39, 0.29) is 17.0 Å². The standard InChI is InChI=1S/C20H17N9/c1-28-6-8-29(9-7-28)20-18(24-16(11-22)17(12-23)27-20)13(10-21)19-25-14-4-2-3-5-15(14)26-19/h2-5,25-26H,6-9H2,1H3/p+1. The molecule has 3 N–H and O–H groups in total. The molecule has 0 atom stereocenters. The molecule has 0 aliphatic carbocycles. The number of nitriles is 3. The van der Waals surface area contributed by atoms with Crippen molar-refractivity contribution in [1.82, 2.24) is 9.97 Å². The monoisotopic (exact) mass is 384 g/mol. The second-order valence-electron chi connectivity index (χ2n) is 6.92. The van der Waals surface area contributed by atoms with Gasteiger partial charge < -0.3 is 20.4 Å². The van der Waals surface area contributed by atoms with Gasteiger partial charge in [0.25, 0.3) is 0 Å². The average molecular weight is 384 g/mol. The maximum absolute atomic E-state index is 9.95. The SMILES string of the molecule is C[NH+]1CCN(c2nc(C#N)c(C#N)nc2C(C#N)=C2Nc3ccccc3N2)CC1. The van der Waals surface area contributed by atoms with Crippen molar-refractivity contribution >= 4 is 22.8 Å². The first-order valence-corrected chi connectivity index (χ1v) is 9.21. The van der Waals surface area contributed by atoms with Crippen LogP contribution in [0.15, 0.2) is 30.1 Å². The van der Waals surface area contributed by atoms with Crippen LogP contribution >= 0.6 is 0 Å². The summed E-state index contributed by atoms with van der Waals surface area (Å²) < 4.78 is 0. The van der Waals surface area contributed by atoms with Gasteiger partial charge in [0, 0.05) is 0 Å². The molecule has 3 heterocycles.